The second kappa shape index (κ2) is 9.93. The molecule has 1 saturated heterocycles. The van der Waals surface area contributed by atoms with E-state index in [1.165, 1.54) is 23.1 Å². The number of likely N-dealkylation sites (tertiary alicyclic amines) is 1. The van der Waals surface area contributed by atoms with Crippen molar-refractivity contribution < 1.29 is 19.6 Å². The van der Waals surface area contributed by atoms with Gasteiger partial charge in [-0.25, -0.2) is 0 Å². The summed E-state index contributed by atoms with van der Waals surface area (Å²) in [6.07, 6.45) is 0. The number of carbonyl (C=O) groups is 2. The van der Waals surface area contributed by atoms with Crippen molar-refractivity contribution in [3.63, 3.8) is 0 Å². The number of aliphatic hydroxyl groups excluding tert-OH is 1. The molecule has 32 heavy (non-hydrogen) atoms. The number of carbonyl (C=O) groups excluding carboxylic acids is 2. The molecule has 9 heteroatoms. The maximum absolute atomic E-state index is 13.0. The normalized spacial score (nSPS) is 17.9. The number of hydrogen-bond acceptors (Lipinski definition) is 6. The number of benzene rings is 2. The molecule has 1 N–H and O–H groups in total. The summed E-state index contributed by atoms with van der Waals surface area (Å²) in [7, 11) is 0. The number of ketones is 1. The first-order valence-electron chi connectivity index (χ1n) is 10.3. The standard InChI is InChI=1S/C23H24ClN3O5/c1-3-25(4-2)12-13-26-20(16-6-5-7-18(14-16)27(31)32)19(22(29)23(26)30)21(28)15-8-10-17(24)11-9-15/h5-11,14,20,28H,3-4,12-13H2,1-2H3/b21-19+/t20-/m1/s1. The van der Waals surface area contributed by atoms with Crippen LogP contribution in [0.1, 0.15) is 31.0 Å². The van der Waals surface area contributed by atoms with Gasteiger partial charge in [0.2, 0.25) is 0 Å². The van der Waals surface area contributed by atoms with Gasteiger partial charge in [-0.1, -0.05) is 37.6 Å². The van der Waals surface area contributed by atoms with Crippen LogP contribution in [-0.2, 0) is 9.59 Å². The third-order valence-corrected chi connectivity index (χ3v) is 5.86. The smallest absolute Gasteiger partial charge is 0.295 e. The van der Waals surface area contributed by atoms with Crippen LogP contribution in [-0.4, -0.2) is 57.7 Å². The molecule has 168 valence electrons. The van der Waals surface area contributed by atoms with Gasteiger partial charge in [-0.15, -0.1) is 0 Å². The van der Waals surface area contributed by atoms with Crippen molar-refractivity contribution in [1.82, 2.24) is 9.80 Å². The third-order valence-electron chi connectivity index (χ3n) is 5.61. The van der Waals surface area contributed by atoms with Crippen LogP contribution < -0.4 is 0 Å². The number of nitrogens with zero attached hydrogens (tertiary/aromatic N) is 3. The van der Waals surface area contributed by atoms with Gasteiger partial charge in [0.25, 0.3) is 17.4 Å². The molecule has 1 fully saturated rings. The van der Waals surface area contributed by atoms with Crippen LogP contribution in [0.4, 0.5) is 5.69 Å². The minimum atomic E-state index is -0.943. The van der Waals surface area contributed by atoms with Gasteiger partial charge in [-0.2, -0.15) is 0 Å². The molecule has 0 saturated carbocycles. The second-order valence-electron chi connectivity index (χ2n) is 7.38. The molecule has 1 atom stereocenters. The molecule has 2 aromatic carbocycles. The summed E-state index contributed by atoms with van der Waals surface area (Å²) >= 11 is 5.93. The Kier molecular flexibility index (Phi) is 7.27. The highest BCUT2D eigenvalue weighted by Gasteiger charge is 2.46. The summed E-state index contributed by atoms with van der Waals surface area (Å²) < 4.78 is 0. The quantitative estimate of drug-likeness (QED) is 0.211. The zero-order valence-electron chi connectivity index (χ0n) is 17.8. The number of hydrogen-bond donors (Lipinski definition) is 1. The van der Waals surface area contributed by atoms with Crippen LogP contribution >= 0.6 is 11.6 Å². The van der Waals surface area contributed by atoms with Crippen LogP contribution in [0.5, 0.6) is 0 Å². The number of non-ortho nitro benzene ring substituents is 1. The Morgan fingerprint density at radius 1 is 1.16 bits per heavy atom. The summed E-state index contributed by atoms with van der Waals surface area (Å²) in [4.78, 5) is 40.2. The fourth-order valence-corrected chi connectivity index (χ4v) is 3.94. The van der Waals surface area contributed by atoms with E-state index in [1.54, 1.807) is 30.3 Å². The van der Waals surface area contributed by atoms with Crippen LogP contribution in [0, 0.1) is 10.1 Å². The van der Waals surface area contributed by atoms with E-state index in [9.17, 15) is 24.8 Å². The number of amides is 1. The number of nitro groups is 1. The van der Waals surface area contributed by atoms with Crippen LogP contribution in [0.15, 0.2) is 54.1 Å². The zero-order valence-corrected chi connectivity index (χ0v) is 18.6. The van der Waals surface area contributed by atoms with E-state index in [4.69, 9.17) is 11.6 Å². The summed E-state index contributed by atoms with van der Waals surface area (Å²) in [5.74, 6) is -1.92. The van der Waals surface area contributed by atoms with Gasteiger partial charge >= 0.3 is 0 Å². The van der Waals surface area contributed by atoms with Gasteiger partial charge in [0, 0.05) is 35.8 Å². The monoisotopic (exact) mass is 457 g/mol. The number of Topliss-reactive ketones (excluding diaryl/α,β-unsaturated/α-hetero) is 1. The number of likely N-dealkylation sites (N-methyl/N-ethyl adjacent to an activating group) is 1. The molecule has 1 heterocycles. The highest BCUT2D eigenvalue weighted by molar-refractivity contribution is 6.46. The molecule has 0 bridgehead atoms. The van der Waals surface area contributed by atoms with E-state index in [-0.39, 0.29) is 23.6 Å². The van der Waals surface area contributed by atoms with Crippen LogP contribution in [0.3, 0.4) is 0 Å². The molecule has 1 aliphatic heterocycles. The number of nitro benzene ring substituents is 1. The first kappa shape index (κ1) is 23.4. The molecular formula is C23H24ClN3O5. The third kappa shape index (κ3) is 4.66. The lowest BCUT2D eigenvalue weighted by Gasteiger charge is -2.28. The molecule has 2 aromatic rings. The highest BCUT2D eigenvalue weighted by Crippen LogP contribution is 2.40. The summed E-state index contributed by atoms with van der Waals surface area (Å²) in [6, 6.07) is 11.1. The van der Waals surface area contributed by atoms with Crippen LogP contribution in [0.25, 0.3) is 5.76 Å². The fraction of sp³-hybridized carbons (Fsp3) is 0.304. The van der Waals surface area contributed by atoms with Gasteiger partial charge in [-0.05, 0) is 42.9 Å². The lowest BCUT2D eigenvalue weighted by Crippen LogP contribution is -2.38. The van der Waals surface area contributed by atoms with Gasteiger partial charge in [0.05, 0.1) is 16.5 Å². The maximum Gasteiger partial charge on any atom is 0.295 e. The molecule has 0 spiro atoms. The Morgan fingerprint density at radius 2 is 1.81 bits per heavy atom. The maximum atomic E-state index is 13.0. The predicted molar refractivity (Wildman–Crippen MR) is 121 cm³/mol. The molecular weight excluding hydrogens is 434 g/mol. The number of aliphatic hydroxyl groups is 1. The Labute approximate surface area is 190 Å². The van der Waals surface area contributed by atoms with Gasteiger partial charge in [0.15, 0.2) is 0 Å². The summed E-state index contributed by atoms with van der Waals surface area (Å²) in [6.45, 7) is 6.29. The SMILES string of the molecule is CCN(CC)CCN1C(=O)C(=O)/C(=C(/O)c2ccc(Cl)cc2)[C@H]1c1cccc([N+](=O)[O-])c1. The van der Waals surface area contributed by atoms with Gasteiger partial charge in [-0.3, -0.25) is 19.7 Å². The molecule has 0 aromatic heterocycles. The fourth-order valence-electron chi connectivity index (χ4n) is 3.82. The first-order valence-corrected chi connectivity index (χ1v) is 10.7. The van der Waals surface area contributed by atoms with Crippen molar-refractivity contribution in [2.75, 3.05) is 26.2 Å². The topological polar surface area (TPSA) is 104 Å². The Bertz CT molecular complexity index is 1060. The minimum absolute atomic E-state index is 0.0997. The molecule has 3 rings (SSSR count). The highest BCUT2D eigenvalue weighted by atomic mass is 35.5. The van der Waals surface area contributed by atoms with Crippen LogP contribution in [0.2, 0.25) is 5.02 Å². The molecule has 0 radical (unpaired) electrons. The van der Waals surface area contributed by atoms with Crippen molar-refractivity contribution >= 4 is 34.7 Å². The molecule has 0 aliphatic carbocycles. The van der Waals surface area contributed by atoms with E-state index in [0.717, 1.165) is 13.1 Å². The van der Waals surface area contributed by atoms with Gasteiger partial charge < -0.3 is 14.9 Å². The van der Waals surface area contributed by atoms with Crippen molar-refractivity contribution in [2.45, 2.75) is 19.9 Å². The van der Waals surface area contributed by atoms with Crippen molar-refractivity contribution in [1.29, 1.82) is 0 Å². The van der Waals surface area contributed by atoms with Crippen molar-refractivity contribution in [2.24, 2.45) is 0 Å². The average molecular weight is 458 g/mol. The first-order chi connectivity index (χ1) is 15.3. The summed E-state index contributed by atoms with van der Waals surface area (Å²) in [5.41, 5.74) is 0.445. The van der Waals surface area contributed by atoms with Gasteiger partial charge in [0.1, 0.15) is 5.76 Å². The Morgan fingerprint density at radius 3 is 2.41 bits per heavy atom. The number of rotatable bonds is 8. The van der Waals surface area contributed by atoms with Crippen molar-refractivity contribution in [3.8, 4) is 0 Å². The predicted octanol–water partition coefficient (Wildman–Crippen LogP) is 4.01. The Hall–Kier alpha value is -3.23. The van der Waals surface area contributed by atoms with E-state index in [2.05, 4.69) is 4.90 Å². The molecule has 8 nitrogen and oxygen atoms in total. The van der Waals surface area contributed by atoms with E-state index in [1.807, 2.05) is 13.8 Å². The lowest BCUT2D eigenvalue weighted by atomic mass is 9.95. The Balaban J connectivity index is 2.13. The van der Waals surface area contributed by atoms with E-state index in [0.29, 0.717) is 22.7 Å². The molecule has 1 amide bonds. The lowest BCUT2D eigenvalue weighted by molar-refractivity contribution is -0.384. The largest absolute Gasteiger partial charge is 0.507 e. The number of halogens is 1. The van der Waals surface area contributed by atoms with Crippen molar-refractivity contribution in [3.05, 3.63) is 80.4 Å². The van der Waals surface area contributed by atoms with E-state index < -0.39 is 22.7 Å². The molecule has 1 aliphatic rings. The average Bonchev–Trinajstić information content (AvgIpc) is 3.04. The second-order valence-corrected chi connectivity index (χ2v) is 7.81. The summed E-state index contributed by atoms with van der Waals surface area (Å²) in [5, 5.41) is 22.8. The minimum Gasteiger partial charge on any atom is -0.507 e. The molecule has 0 unspecified atom stereocenters. The van der Waals surface area contributed by atoms with E-state index >= 15 is 0 Å². The zero-order chi connectivity index (χ0) is 23.4.